The molecule has 0 saturated carbocycles. The number of fused-ring (bicyclic) bond motifs is 3. The SMILES string of the molecule is CCOC1CN(C)C(=O)c2c3ccccc3nn21. The summed E-state index contributed by atoms with van der Waals surface area (Å²) in [5.74, 6) is -0.000321. The highest BCUT2D eigenvalue weighted by atomic mass is 16.5. The Bertz CT molecular complexity index is 605. The summed E-state index contributed by atoms with van der Waals surface area (Å²) < 4.78 is 7.38. The van der Waals surface area contributed by atoms with Crippen molar-refractivity contribution in [2.75, 3.05) is 20.2 Å². The van der Waals surface area contributed by atoms with Gasteiger partial charge < -0.3 is 9.64 Å². The van der Waals surface area contributed by atoms with Crippen molar-refractivity contribution in [3.05, 3.63) is 30.0 Å². The maximum absolute atomic E-state index is 12.3. The zero-order valence-corrected chi connectivity index (χ0v) is 10.5. The van der Waals surface area contributed by atoms with E-state index in [0.29, 0.717) is 18.8 Å². The summed E-state index contributed by atoms with van der Waals surface area (Å²) in [5.41, 5.74) is 1.46. The number of carbonyl (C=O) groups is 1. The van der Waals surface area contributed by atoms with E-state index >= 15 is 0 Å². The summed E-state index contributed by atoms with van der Waals surface area (Å²) in [6.07, 6.45) is -0.194. The molecule has 1 unspecified atom stereocenters. The van der Waals surface area contributed by atoms with Gasteiger partial charge in [0.25, 0.3) is 5.91 Å². The first-order chi connectivity index (χ1) is 8.72. The first kappa shape index (κ1) is 11.2. The van der Waals surface area contributed by atoms with Gasteiger partial charge in [-0.15, -0.1) is 0 Å². The van der Waals surface area contributed by atoms with E-state index in [2.05, 4.69) is 5.10 Å². The van der Waals surface area contributed by atoms with Crippen LogP contribution in [-0.2, 0) is 4.74 Å². The zero-order valence-electron chi connectivity index (χ0n) is 10.5. The van der Waals surface area contributed by atoms with E-state index < -0.39 is 0 Å². The second-order valence-electron chi connectivity index (χ2n) is 4.41. The van der Waals surface area contributed by atoms with Gasteiger partial charge in [-0.2, -0.15) is 5.10 Å². The van der Waals surface area contributed by atoms with Crippen LogP contribution in [0.4, 0.5) is 0 Å². The van der Waals surface area contributed by atoms with Gasteiger partial charge in [-0.1, -0.05) is 18.2 Å². The number of hydrogen-bond donors (Lipinski definition) is 0. The summed E-state index contributed by atoms with van der Waals surface area (Å²) in [7, 11) is 1.79. The van der Waals surface area contributed by atoms with E-state index in [0.717, 1.165) is 10.9 Å². The molecule has 1 aromatic heterocycles. The molecule has 1 aliphatic rings. The van der Waals surface area contributed by atoms with Crippen LogP contribution in [0, 0.1) is 0 Å². The molecule has 3 rings (SSSR count). The highest BCUT2D eigenvalue weighted by molar-refractivity contribution is 6.05. The summed E-state index contributed by atoms with van der Waals surface area (Å²) in [4.78, 5) is 13.9. The van der Waals surface area contributed by atoms with Gasteiger partial charge in [0.2, 0.25) is 0 Å². The Hall–Kier alpha value is -1.88. The molecule has 18 heavy (non-hydrogen) atoms. The van der Waals surface area contributed by atoms with Crippen molar-refractivity contribution in [3.63, 3.8) is 0 Å². The van der Waals surface area contributed by atoms with Crippen molar-refractivity contribution >= 4 is 16.8 Å². The van der Waals surface area contributed by atoms with Gasteiger partial charge >= 0.3 is 0 Å². The first-order valence-corrected chi connectivity index (χ1v) is 6.06. The molecule has 2 heterocycles. The fourth-order valence-corrected chi connectivity index (χ4v) is 2.36. The molecule has 1 atom stereocenters. The standard InChI is InChI=1S/C13H15N3O2/c1-3-18-11-8-15(2)13(17)12-9-6-4-5-7-10(9)14-16(11)12/h4-7,11H,3,8H2,1-2H3. The molecule has 0 aliphatic carbocycles. The summed E-state index contributed by atoms with van der Waals surface area (Å²) in [6, 6.07) is 7.68. The monoisotopic (exact) mass is 245 g/mol. The van der Waals surface area contributed by atoms with E-state index in [4.69, 9.17) is 4.74 Å². The second-order valence-corrected chi connectivity index (χ2v) is 4.41. The molecule has 0 N–H and O–H groups in total. The van der Waals surface area contributed by atoms with E-state index in [1.54, 1.807) is 16.6 Å². The number of rotatable bonds is 2. The van der Waals surface area contributed by atoms with Gasteiger partial charge in [-0.05, 0) is 13.0 Å². The molecule has 1 aromatic carbocycles. The molecule has 0 spiro atoms. The lowest BCUT2D eigenvalue weighted by Gasteiger charge is -2.30. The number of likely N-dealkylation sites (N-methyl/N-ethyl adjacent to an activating group) is 1. The van der Waals surface area contributed by atoms with Crippen LogP contribution in [-0.4, -0.2) is 40.8 Å². The Morgan fingerprint density at radius 1 is 1.44 bits per heavy atom. The van der Waals surface area contributed by atoms with Crippen LogP contribution in [0.3, 0.4) is 0 Å². The molecule has 0 saturated heterocycles. The number of benzene rings is 1. The van der Waals surface area contributed by atoms with Crippen LogP contribution < -0.4 is 0 Å². The first-order valence-electron chi connectivity index (χ1n) is 6.06. The Morgan fingerprint density at radius 2 is 2.22 bits per heavy atom. The van der Waals surface area contributed by atoms with Crippen molar-refractivity contribution in [1.82, 2.24) is 14.7 Å². The predicted octanol–water partition coefficient (Wildman–Crippen LogP) is 1.66. The maximum Gasteiger partial charge on any atom is 0.272 e. The lowest BCUT2D eigenvalue weighted by atomic mass is 10.1. The largest absolute Gasteiger partial charge is 0.355 e. The van der Waals surface area contributed by atoms with Crippen LogP contribution in [0.15, 0.2) is 24.3 Å². The average Bonchev–Trinajstić information content (AvgIpc) is 2.75. The normalized spacial score (nSPS) is 19.3. The molecular weight excluding hydrogens is 230 g/mol. The molecule has 2 aromatic rings. The summed E-state index contributed by atoms with van der Waals surface area (Å²) in [5, 5.41) is 5.37. The van der Waals surface area contributed by atoms with Crippen LogP contribution in [0.5, 0.6) is 0 Å². The number of ether oxygens (including phenoxy) is 1. The summed E-state index contributed by atoms with van der Waals surface area (Å²) in [6.45, 7) is 3.08. The van der Waals surface area contributed by atoms with Crippen molar-refractivity contribution in [3.8, 4) is 0 Å². The van der Waals surface area contributed by atoms with Gasteiger partial charge in [0, 0.05) is 19.0 Å². The highest BCUT2D eigenvalue weighted by Gasteiger charge is 2.32. The Balaban J connectivity index is 2.22. The maximum atomic E-state index is 12.3. The number of carbonyl (C=O) groups excluding carboxylic acids is 1. The molecule has 0 radical (unpaired) electrons. The Kier molecular flexibility index (Phi) is 2.56. The van der Waals surface area contributed by atoms with Gasteiger partial charge in [-0.3, -0.25) is 4.79 Å². The third kappa shape index (κ3) is 1.51. The fraction of sp³-hybridized carbons (Fsp3) is 0.385. The fourth-order valence-electron chi connectivity index (χ4n) is 2.36. The van der Waals surface area contributed by atoms with Crippen LogP contribution in [0.1, 0.15) is 23.6 Å². The molecule has 1 amide bonds. The van der Waals surface area contributed by atoms with Crippen LogP contribution in [0.2, 0.25) is 0 Å². The number of amides is 1. The zero-order chi connectivity index (χ0) is 12.7. The third-order valence-corrected chi connectivity index (χ3v) is 3.21. The lowest BCUT2D eigenvalue weighted by Crippen LogP contribution is -2.41. The highest BCUT2D eigenvalue weighted by Crippen LogP contribution is 2.27. The quantitative estimate of drug-likeness (QED) is 0.808. The minimum Gasteiger partial charge on any atom is -0.355 e. The number of nitrogens with zero attached hydrogens (tertiary/aromatic N) is 3. The van der Waals surface area contributed by atoms with Crippen molar-refractivity contribution in [2.24, 2.45) is 0 Å². The van der Waals surface area contributed by atoms with Gasteiger partial charge in [0.15, 0.2) is 6.23 Å². The topological polar surface area (TPSA) is 47.4 Å². The molecule has 1 aliphatic heterocycles. The minimum atomic E-state index is -0.194. The van der Waals surface area contributed by atoms with E-state index in [-0.39, 0.29) is 12.1 Å². The average molecular weight is 245 g/mol. The predicted molar refractivity (Wildman–Crippen MR) is 67.4 cm³/mol. The molecule has 0 fully saturated rings. The van der Waals surface area contributed by atoms with Gasteiger partial charge in [0.05, 0.1) is 12.1 Å². The Labute approximate surface area is 105 Å². The van der Waals surface area contributed by atoms with Crippen LogP contribution in [0.25, 0.3) is 10.9 Å². The number of aromatic nitrogens is 2. The van der Waals surface area contributed by atoms with E-state index in [1.807, 2.05) is 31.2 Å². The molecule has 94 valence electrons. The van der Waals surface area contributed by atoms with Crippen LogP contribution >= 0.6 is 0 Å². The van der Waals surface area contributed by atoms with Gasteiger partial charge in [0.1, 0.15) is 5.69 Å². The smallest absolute Gasteiger partial charge is 0.272 e. The molecular formula is C13H15N3O2. The molecule has 5 heteroatoms. The van der Waals surface area contributed by atoms with Gasteiger partial charge in [-0.25, -0.2) is 4.68 Å². The third-order valence-electron chi connectivity index (χ3n) is 3.21. The minimum absolute atomic E-state index is 0.000321. The van der Waals surface area contributed by atoms with Crippen molar-refractivity contribution in [1.29, 1.82) is 0 Å². The Morgan fingerprint density at radius 3 is 3.00 bits per heavy atom. The van der Waals surface area contributed by atoms with Crippen molar-refractivity contribution in [2.45, 2.75) is 13.2 Å². The van der Waals surface area contributed by atoms with E-state index in [9.17, 15) is 4.79 Å². The second kappa shape index (κ2) is 4.10. The molecule has 0 bridgehead atoms. The van der Waals surface area contributed by atoms with E-state index in [1.165, 1.54) is 0 Å². The lowest BCUT2D eigenvalue weighted by molar-refractivity contribution is -0.0268. The number of hydrogen-bond acceptors (Lipinski definition) is 3. The molecule has 5 nitrogen and oxygen atoms in total. The van der Waals surface area contributed by atoms with Crippen molar-refractivity contribution < 1.29 is 9.53 Å². The summed E-state index contributed by atoms with van der Waals surface area (Å²) >= 11 is 0.